The van der Waals surface area contributed by atoms with Crippen LogP contribution in [0, 0.1) is 0 Å². The number of likely N-dealkylation sites (tertiary alicyclic amines) is 1. The summed E-state index contributed by atoms with van der Waals surface area (Å²) in [6, 6.07) is 0.211. The minimum Gasteiger partial charge on any atom is -0.389 e. The fraction of sp³-hybridized carbons (Fsp3) is 0.700. The second-order valence-corrected chi connectivity index (χ2v) is 4.42. The summed E-state index contributed by atoms with van der Waals surface area (Å²) in [5.74, 6) is -0.127. The van der Waals surface area contributed by atoms with Crippen molar-refractivity contribution in [3.05, 3.63) is 12.7 Å². The summed E-state index contributed by atoms with van der Waals surface area (Å²) in [5, 5.41) is 12.3. The van der Waals surface area contributed by atoms with E-state index in [0.29, 0.717) is 6.54 Å². The first-order valence-electron chi connectivity index (χ1n) is 4.78. The smallest absolute Gasteiger partial charge is 0.243 e. The Morgan fingerprint density at radius 1 is 1.71 bits per heavy atom. The van der Waals surface area contributed by atoms with Gasteiger partial charge in [-0.3, -0.25) is 9.69 Å². The molecule has 80 valence electrons. The number of carbonyl (C=O) groups is 1. The molecule has 0 aromatic heterocycles. The summed E-state index contributed by atoms with van der Waals surface area (Å²) in [6.45, 7) is 9.21. The first kappa shape index (κ1) is 11.2. The van der Waals surface area contributed by atoms with Crippen molar-refractivity contribution in [2.24, 2.45) is 0 Å². The lowest BCUT2D eigenvalue weighted by molar-refractivity contribution is -0.118. The third-order valence-electron chi connectivity index (χ3n) is 2.10. The topological polar surface area (TPSA) is 52.6 Å². The van der Waals surface area contributed by atoms with E-state index >= 15 is 0 Å². The lowest BCUT2D eigenvalue weighted by atomic mass is 10.0. The summed E-state index contributed by atoms with van der Waals surface area (Å²) < 4.78 is 0. The van der Waals surface area contributed by atoms with Crippen LogP contribution in [0.1, 0.15) is 13.8 Å². The van der Waals surface area contributed by atoms with Gasteiger partial charge in [0.1, 0.15) is 0 Å². The molecule has 1 aliphatic rings. The van der Waals surface area contributed by atoms with Crippen molar-refractivity contribution in [2.45, 2.75) is 25.5 Å². The van der Waals surface area contributed by atoms with E-state index in [9.17, 15) is 9.90 Å². The maximum atomic E-state index is 10.9. The Labute approximate surface area is 84.6 Å². The van der Waals surface area contributed by atoms with Crippen molar-refractivity contribution < 1.29 is 9.90 Å². The molecule has 0 atom stereocenters. The lowest BCUT2D eigenvalue weighted by Gasteiger charge is -2.42. The van der Waals surface area contributed by atoms with Crippen LogP contribution >= 0.6 is 0 Å². The predicted molar refractivity (Wildman–Crippen MR) is 54.9 cm³/mol. The van der Waals surface area contributed by atoms with Crippen LogP contribution in [-0.2, 0) is 4.79 Å². The molecule has 1 saturated heterocycles. The first-order chi connectivity index (χ1) is 6.40. The number of hydrogen-bond donors (Lipinski definition) is 2. The Morgan fingerprint density at radius 2 is 2.29 bits per heavy atom. The van der Waals surface area contributed by atoms with E-state index in [0.717, 1.165) is 13.1 Å². The van der Waals surface area contributed by atoms with Crippen LogP contribution in [0.2, 0.25) is 0 Å². The van der Waals surface area contributed by atoms with Gasteiger partial charge in [-0.15, -0.1) is 0 Å². The molecule has 1 heterocycles. The zero-order valence-electron chi connectivity index (χ0n) is 8.79. The van der Waals surface area contributed by atoms with Crippen LogP contribution in [0.15, 0.2) is 12.7 Å². The largest absolute Gasteiger partial charge is 0.389 e. The van der Waals surface area contributed by atoms with E-state index in [1.807, 2.05) is 0 Å². The summed E-state index contributed by atoms with van der Waals surface area (Å²) in [6.07, 6.45) is 1.28. The quantitative estimate of drug-likeness (QED) is 0.612. The van der Waals surface area contributed by atoms with Gasteiger partial charge in [-0.25, -0.2) is 0 Å². The summed E-state index contributed by atoms with van der Waals surface area (Å²) in [4.78, 5) is 13.0. The molecule has 0 unspecified atom stereocenters. The van der Waals surface area contributed by atoms with Crippen molar-refractivity contribution in [1.82, 2.24) is 10.2 Å². The van der Waals surface area contributed by atoms with Crippen LogP contribution in [0.5, 0.6) is 0 Å². The summed E-state index contributed by atoms with van der Waals surface area (Å²) in [5.41, 5.74) is -0.659. The molecule has 0 radical (unpaired) electrons. The fourth-order valence-electron chi connectivity index (χ4n) is 1.60. The van der Waals surface area contributed by atoms with Crippen LogP contribution in [-0.4, -0.2) is 47.2 Å². The number of amides is 1. The molecule has 4 heteroatoms. The van der Waals surface area contributed by atoms with Gasteiger partial charge in [0.15, 0.2) is 0 Å². The highest BCUT2D eigenvalue weighted by molar-refractivity contribution is 5.87. The standard InChI is InChI=1S/C10H18N2O2/c1-4-9(13)11-8-5-12(6-8)7-10(2,3)14/h4,8,14H,1,5-7H2,2-3H3,(H,11,13). The number of rotatable bonds is 4. The molecule has 4 nitrogen and oxygen atoms in total. The minimum absolute atomic E-state index is 0.127. The molecule has 0 saturated carbocycles. The molecule has 0 aliphatic carbocycles. The lowest BCUT2D eigenvalue weighted by Crippen LogP contribution is -2.61. The van der Waals surface area contributed by atoms with Crippen LogP contribution in [0.3, 0.4) is 0 Å². The zero-order valence-corrected chi connectivity index (χ0v) is 8.79. The number of nitrogens with zero attached hydrogens (tertiary/aromatic N) is 1. The summed E-state index contributed by atoms with van der Waals surface area (Å²) >= 11 is 0. The molecule has 2 N–H and O–H groups in total. The second kappa shape index (κ2) is 4.11. The molecule has 1 rings (SSSR count). The zero-order chi connectivity index (χ0) is 10.8. The van der Waals surface area contributed by atoms with E-state index in [4.69, 9.17) is 0 Å². The minimum atomic E-state index is -0.659. The Bertz CT molecular complexity index is 227. The molecule has 0 aromatic carbocycles. The van der Waals surface area contributed by atoms with Gasteiger partial charge in [0.25, 0.3) is 0 Å². The number of carbonyl (C=O) groups excluding carboxylic acids is 1. The average molecular weight is 198 g/mol. The van der Waals surface area contributed by atoms with Crippen LogP contribution < -0.4 is 5.32 Å². The highest BCUT2D eigenvalue weighted by Gasteiger charge is 2.30. The van der Waals surface area contributed by atoms with Crippen LogP contribution in [0.4, 0.5) is 0 Å². The Morgan fingerprint density at radius 3 is 2.71 bits per heavy atom. The van der Waals surface area contributed by atoms with E-state index < -0.39 is 5.60 Å². The Kier molecular flexibility index (Phi) is 3.29. The van der Waals surface area contributed by atoms with Crippen molar-refractivity contribution in [1.29, 1.82) is 0 Å². The molecule has 0 aromatic rings. The van der Waals surface area contributed by atoms with E-state index in [-0.39, 0.29) is 11.9 Å². The average Bonchev–Trinajstić information content (AvgIpc) is 1.97. The van der Waals surface area contributed by atoms with Gasteiger partial charge >= 0.3 is 0 Å². The molecule has 14 heavy (non-hydrogen) atoms. The second-order valence-electron chi connectivity index (χ2n) is 4.42. The van der Waals surface area contributed by atoms with Crippen molar-refractivity contribution in [2.75, 3.05) is 19.6 Å². The van der Waals surface area contributed by atoms with Gasteiger partial charge in [-0.05, 0) is 19.9 Å². The predicted octanol–water partition coefficient (Wildman–Crippen LogP) is -0.256. The van der Waals surface area contributed by atoms with Gasteiger partial charge in [-0.2, -0.15) is 0 Å². The van der Waals surface area contributed by atoms with Crippen LogP contribution in [0.25, 0.3) is 0 Å². The normalized spacial score (nSPS) is 18.8. The number of nitrogens with one attached hydrogen (secondary N) is 1. The molecule has 1 fully saturated rings. The molecular formula is C10H18N2O2. The van der Waals surface area contributed by atoms with E-state index in [2.05, 4.69) is 16.8 Å². The summed E-state index contributed by atoms with van der Waals surface area (Å²) in [7, 11) is 0. The third kappa shape index (κ3) is 3.47. The van der Waals surface area contributed by atoms with Crippen molar-refractivity contribution >= 4 is 5.91 Å². The number of aliphatic hydroxyl groups is 1. The van der Waals surface area contributed by atoms with Gasteiger partial charge in [-0.1, -0.05) is 6.58 Å². The highest BCUT2D eigenvalue weighted by atomic mass is 16.3. The molecule has 1 amide bonds. The van der Waals surface area contributed by atoms with Gasteiger partial charge in [0.2, 0.25) is 5.91 Å². The maximum Gasteiger partial charge on any atom is 0.243 e. The maximum absolute atomic E-state index is 10.9. The first-order valence-corrected chi connectivity index (χ1v) is 4.78. The third-order valence-corrected chi connectivity index (χ3v) is 2.10. The SMILES string of the molecule is C=CC(=O)NC1CN(CC(C)(C)O)C1. The van der Waals surface area contributed by atoms with Crippen molar-refractivity contribution in [3.63, 3.8) is 0 Å². The molecule has 0 spiro atoms. The van der Waals surface area contributed by atoms with E-state index in [1.165, 1.54) is 6.08 Å². The fourth-order valence-corrected chi connectivity index (χ4v) is 1.60. The molecular weight excluding hydrogens is 180 g/mol. The Balaban J connectivity index is 2.18. The Hall–Kier alpha value is -0.870. The number of hydrogen-bond acceptors (Lipinski definition) is 3. The molecule has 1 aliphatic heterocycles. The molecule has 0 bridgehead atoms. The highest BCUT2D eigenvalue weighted by Crippen LogP contribution is 2.12. The number of β-amino-alcohol motifs (C(OH)–C–C–N with tert-alkyl or cyclic N) is 1. The van der Waals surface area contributed by atoms with E-state index in [1.54, 1.807) is 13.8 Å². The monoisotopic (exact) mass is 198 g/mol. The van der Waals surface area contributed by atoms with Crippen molar-refractivity contribution in [3.8, 4) is 0 Å². The van der Waals surface area contributed by atoms with Gasteiger partial charge in [0, 0.05) is 19.6 Å². The van der Waals surface area contributed by atoms with Gasteiger partial charge in [0.05, 0.1) is 11.6 Å². The van der Waals surface area contributed by atoms with Gasteiger partial charge < -0.3 is 10.4 Å².